The summed E-state index contributed by atoms with van der Waals surface area (Å²) in [6.45, 7) is 0. The second-order valence-corrected chi connectivity index (χ2v) is 27.7. The predicted octanol–water partition coefficient (Wildman–Crippen LogP) is 27.2. The Morgan fingerprint density at radius 3 is 0.731 bits per heavy atom. The van der Waals surface area contributed by atoms with Crippen LogP contribution in [0.5, 0.6) is 0 Å². The highest BCUT2D eigenvalue weighted by Crippen LogP contribution is 2.73. The van der Waals surface area contributed by atoms with Gasteiger partial charge in [0, 0.05) is 33.5 Å². The van der Waals surface area contributed by atoms with Gasteiger partial charge >= 0.3 is 0 Å². The second kappa shape index (κ2) is 24.7. The number of nitrogens with zero attached hydrogens (tertiary/aromatic N) is 2. The lowest BCUT2D eigenvalue weighted by Gasteiger charge is -2.51. The molecule has 2 aliphatic rings. The van der Waals surface area contributed by atoms with Crippen LogP contribution in [0, 0.1) is 0 Å². The summed E-state index contributed by atoms with van der Waals surface area (Å²) >= 11 is 0. The summed E-state index contributed by atoms with van der Waals surface area (Å²) in [7, 11) is 0. The lowest BCUT2D eigenvalue weighted by Crippen LogP contribution is -2.50. The Morgan fingerprint density at radius 1 is 0.163 bits per heavy atom. The quantitative estimate of drug-likeness (QED) is 0.114. The number of anilines is 6. The average molecular weight is 1320 g/mol. The molecule has 0 saturated heterocycles. The van der Waals surface area contributed by atoms with Gasteiger partial charge in [0.15, 0.2) is 0 Å². The highest BCUT2D eigenvalue weighted by Gasteiger charge is 2.65. The minimum atomic E-state index is -1.07. The summed E-state index contributed by atoms with van der Waals surface area (Å²) in [5, 5.41) is 9.47. The maximum atomic E-state index is 2.66. The van der Waals surface area contributed by atoms with Crippen molar-refractivity contribution in [3.63, 3.8) is 0 Å². The molecule has 0 aliphatic heterocycles. The van der Waals surface area contributed by atoms with Gasteiger partial charge in [0.05, 0.1) is 22.2 Å². The Kier molecular flexibility index (Phi) is 14.4. The Balaban J connectivity index is 0.984. The van der Waals surface area contributed by atoms with Gasteiger partial charge in [-0.05, 0) is 193 Å². The van der Waals surface area contributed by atoms with Crippen LogP contribution in [0.2, 0.25) is 0 Å². The zero-order valence-electron chi connectivity index (χ0n) is 57.2. The first kappa shape index (κ1) is 60.6. The fourth-order valence-corrected chi connectivity index (χ4v) is 18.1. The molecule has 0 bridgehead atoms. The molecule has 2 unspecified atom stereocenters. The van der Waals surface area contributed by atoms with E-state index in [0.717, 1.165) is 89.4 Å². The van der Waals surface area contributed by atoms with E-state index in [1.54, 1.807) is 0 Å². The van der Waals surface area contributed by atoms with Crippen LogP contribution in [0.3, 0.4) is 0 Å². The minimum Gasteiger partial charge on any atom is -0.310 e. The SMILES string of the molecule is c1ccc(-c2cccc(N(c3cccc(-c4ccccc4)c3)c3cc4c(c5ccccc35)-c3c(ccc5ccccc35)C4(c3ccccc3)C3(c4ccccc4)c4ccc5ccccc5c4-c4c3cc(N(c3cccc(-c5ccccc5)c3)c3cccc(-c5ccccc5)c3)c3ccccc43)c2)cc1. The summed E-state index contributed by atoms with van der Waals surface area (Å²) in [6, 6.07) is 156. The van der Waals surface area contributed by atoms with E-state index in [0.29, 0.717) is 0 Å². The minimum absolute atomic E-state index is 1.05. The number of fused-ring (bicyclic) bond motifs is 14. The van der Waals surface area contributed by atoms with E-state index in [9.17, 15) is 0 Å². The molecule has 0 fully saturated rings. The van der Waals surface area contributed by atoms with Crippen molar-refractivity contribution >= 4 is 77.2 Å². The fourth-order valence-electron chi connectivity index (χ4n) is 18.1. The zero-order valence-corrected chi connectivity index (χ0v) is 57.2. The molecule has 20 rings (SSSR count). The van der Waals surface area contributed by atoms with E-state index >= 15 is 0 Å². The van der Waals surface area contributed by atoms with Crippen LogP contribution >= 0.6 is 0 Å². The molecule has 104 heavy (non-hydrogen) atoms. The number of hydrogen-bond donors (Lipinski definition) is 0. The van der Waals surface area contributed by atoms with E-state index in [4.69, 9.17) is 0 Å². The van der Waals surface area contributed by atoms with Crippen molar-refractivity contribution < 1.29 is 0 Å². The van der Waals surface area contributed by atoms with Crippen molar-refractivity contribution in [2.45, 2.75) is 10.8 Å². The molecule has 18 aromatic rings. The molecular formula is C102H68N2. The summed E-state index contributed by atoms with van der Waals surface area (Å²) in [5.41, 5.74) is 25.7. The molecule has 2 nitrogen and oxygen atoms in total. The van der Waals surface area contributed by atoms with E-state index in [1.807, 2.05) is 0 Å². The number of hydrogen-bond acceptors (Lipinski definition) is 2. The summed E-state index contributed by atoms with van der Waals surface area (Å²) in [5.74, 6) is 0. The molecule has 0 saturated carbocycles. The van der Waals surface area contributed by atoms with E-state index in [2.05, 4.69) is 422 Å². The van der Waals surface area contributed by atoms with Gasteiger partial charge < -0.3 is 9.80 Å². The van der Waals surface area contributed by atoms with Crippen LogP contribution in [0.25, 0.3) is 110 Å². The molecule has 0 amide bonds. The average Bonchev–Trinajstić information content (AvgIpc) is 1.44. The molecule has 18 aromatic carbocycles. The maximum Gasteiger partial charge on any atom is 0.0642 e. The van der Waals surface area contributed by atoms with Crippen LogP contribution in [-0.2, 0) is 10.8 Å². The topological polar surface area (TPSA) is 6.48 Å². The van der Waals surface area contributed by atoms with Crippen molar-refractivity contribution in [2.24, 2.45) is 0 Å². The van der Waals surface area contributed by atoms with Crippen LogP contribution in [0.4, 0.5) is 34.1 Å². The van der Waals surface area contributed by atoms with Crippen LogP contribution in [0.15, 0.2) is 413 Å². The lowest BCUT2D eigenvalue weighted by molar-refractivity contribution is 0.438. The molecule has 2 atom stereocenters. The summed E-state index contributed by atoms with van der Waals surface area (Å²) in [6.07, 6.45) is 0. The molecule has 0 aromatic heterocycles. The molecule has 0 N–H and O–H groups in total. The van der Waals surface area contributed by atoms with Gasteiger partial charge in [-0.25, -0.2) is 0 Å². The van der Waals surface area contributed by atoms with Gasteiger partial charge in [0.1, 0.15) is 0 Å². The second-order valence-electron chi connectivity index (χ2n) is 27.7. The molecule has 486 valence electrons. The zero-order chi connectivity index (χ0) is 68.7. The third kappa shape index (κ3) is 9.35. The Morgan fingerprint density at radius 2 is 0.413 bits per heavy atom. The largest absolute Gasteiger partial charge is 0.310 e. The lowest BCUT2D eigenvalue weighted by atomic mass is 9.49. The Bertz CT molecular complexity index is 5790. The standard InChI is InChI=1S/C102H68N2/c1-7-31-69(32-8-1)75-41-27-49-81(63-75)103(82-50-28-42-76(64-82)70-33-9-2-10-34-70)95-67-93-99(89-57-25-23-55-87(89)95)97-85-53-21-19-39-73(85)59-61-91(97)101(93,79-45-15-5-16-46-79)102(80-47-17-6-18-48-80)92-62-60-74-40-20-22-54-86(74)98(92)100-90-58-26-24-56-88(90)96(68-94(100)102)104(83-51-29-43-77(65-83)71-35-11-3-12-36-71)84-52-30-44-78(66-84)72-37-13-4-14-38-72/h1-68H. The van der Waals surface area contributed by atoms with Crippen molar-refractivity contribution in [1.29, 1.82) is 0 Å². The number of rotatable bonds is 13. The third-order valence-electron chi connectivity index (χ3n) is 22.3. The van der Waals surface area contributed by atoms with Crippen LogP contribution in [0.1, 0.15) is 33.4 Å². The smallest absolute Gasteiger partial charge is 0.0642 e. The maximum absolute atomic E-state index is 2.66. The predicted molar refractivity (Wildman–Crippen MR) is 438 cm³/mol. The van der Waals surface area contributed by atoms with Gasteiger partial charge in [-0.3, -0.25) is 0 Å². The van der Waals surface area contributed by atoms with Crippen molar-refractivity contribution in [3.05, 3.63) is 446 Å². The highest BCUT2D eigenvalue weighted by molar-refractivity contribution is 6.20. The van der Waals surface area contributed by atoms with Gasteiger partial charge in [0.2, 0.25) is 0 Å². The first-order valence-electron chi connectivity index (χ1n) is 36.1. The molecule has 0 radical (unpaired) electrons. The van der Waals surface area contributed by atoms with Crippen molar-refractivity contribution in [2.75, 3.05) is 9.80 Å². The van der Waals surface area contributed by atoms with Crippen molar-refractivity contribution in [1.82, 2.24) is 0 Å². The fraction of sp³-hybridized carbons (Fsp3) is 0.0196. The third-order valence-corrected chi connectivity index (χ3v) is 22.3. The molecule has 2 aliphatic carbocycles. The van der Waals surface area contributed by atoms with Gasteiger partial charge in [-0.15, -0.1) is 0 Å². The molecule has 2 heteroatoms. The summed E-state index contributed by atoms with van der Waals surface area (Å²) in [4.78, 5) is 5.13. The molecule has 0 heterocycles. The monoisotopic (exact) mass is 1320 g/mol. The normalized spacial score (nSPS) is 14.8. The first-order valence-corrected chi connectivity index (χ1v) is 36.1. The van der Waals surface area contributed by atoms with E-state index < -0.39 is 10.8 Å². The van der Waals surface area contributed by atoms with E-state index in [-0.39, 0.29) is 0 Å². The molecular weight excluding hydrogens is 1250 g/mol. The summed E-state index contributed by atoms with van der Waals surface area (Å²) < 4.78 is 0. The van der Waals surface area contributed by atoms with Gasteiger partial charge in [-0.2, -0.15) is 0 Å². The van der Waals surface area contributed by atoms with Crippen LogP contribution < -0.4 is 9.80 Å². The van der Waals surface area contributed by atoms with E-state index in [1.165, 1.54) is 88.0 Å². The Labute approximate surface area is 606 Å². The van der Waals surface area contributed by atoms with Gasteiger partial charge in [0.25, 0.3) is 0 Å². The van der Waals surface area contributed by atoms with Gasteiger partial charge in [-0.1, -0.05) is 352 Å². The number of benzene rings is 18. The highest BCUT2D eigenvalue weighted by atomic mass is 15.2. The Hall–Kier alpha value is -13.4. The van der Waals surface area contributed by atoms with Crippen molar-refractivity contribution in [3.8, 4) is 66.8 Å². The first-order chi connectivity index (χ1) is 51.6. The molecule has 0 spiro atoms. The van der Waals surface area contributed by atoms with Crippen LogP contribution in [-0.4, -0.2) is 0 Å².